The van der Waals surface area contributed by atoms with Crippen LogP contribution < -0.4 is 10.2 Å². The summed E-state index contributed by atoms with van der Waals surface area (Å²) < 4.78 is 138. The molecule has 0 atom stereocenters. The first kappa shape index (κ1) is 60.5. The maximum atomic E-state index is 12.9. The minimum atomic E-state index is -4.58. The number of hydrogen-bond acceptors (Lipinski definition) is 14. The van der Waals surface area contributed by atoms with Crippen molar-refractivity contribution in [3.63, 3.8) is 0 Å². The average Bonchev–Trinajstić information content (AvgIpc) is 2.55. The number of amides is 1. The van der Waals surface area contributed by atoms with Gasteiger partial charge in [0.15, 0.2) is 11.5 Å². The fourth-order valence-electron chi connectivity index (χ4n) is 10.8. The second kappa shape index (κ2) is 24.1. The maximum absolute atomic E-state index is 12.9. The third kappa shape index (κ3) is 14.7. The predicted octanol–water partition coefficient (Wildman–Crippen LogP) is 8.50. The van der Waals surface area contributed by atoms with Crippen molar-refractivity contribution >= 4 is 69.0 Å². The fraction of sp³-hybridized carbons (Fsp3) is 0.368. The number of anilines is 1. The standard InChI is InChI=1S/C57H65N7O13S4/c1-38-59-61-55(62-60-38)44-21-17-40(18-22-44)37-58-53(65)14-7-6-11-39-15-19-43(20-16-39)54-41(23-29-51-56(2,3)47-35-45(80(72,73)74)25-27-49(47)63(51)31-9-33-78(66,67)68)12-8-13-42(54)24-30-52-57(4,5)48-36-46(81(75,76)77)26-28-50(48)64(52)32-10-34-79(69,70)71/h15-30,35-36H,6-14,31-34,37H2,1-5H3,(H4-,58,65,66,67,68,69,70,71,72,73,74,75,76,77)/p+1. The minimum absolute atomic E-state index is 0.0450. The van der Waals surface area contributed by atoms with E-state index in [1.54, 1.807) is 19.1 Å². The molecule has 0 saturated carbocycles. The van der Waals surface area contributed by atoms with Gasteiger partial charge in [-0.15, -0.1) is 20.4 Å². The Hall–Kier alpha value is -6.64. The predicted molar refractivity (Wildman–Crippen MR) is 307 cm³/mol. The monoisotopic (exact) mass is 1180 g/mol. The van der Waals surface area contributed by atoms with Crippen molar-refractivity contribution in [2.24, 2.45) is 0 Å². The second-order valence-corrected chi connectivity index (χ2v) is 27.5. The van der Waals surface area contributed by atoms with Gasteiger partial charge >= 0.3 is 0 Å². The topological polar surface area (TPSA) is 304 Å². The van der Waals surface area contributed by atoms with Crippen LogP contribution in [0.1, 0.15) is 113 Å². The van der Waals surface area contributed by atoms with Gasteiger partial charge in [-0.3, -0.25) is 23.0 Å². The Morgan fingerprint density at radius 1 is 0.667 bits per heavy atom. The lowest BCUT2D eigenvalue weighted by Crippen LogP contribution is -2.28. The van der Waals surface area contributed by atoms with Crippen molar-refractivity contribution in [3.8, 4) is 11.4 Å². The molecule has 24 heteroatoms. The van der Waals surface area contributed by atoms with Crippen molar-refractivity contribution in [1.82, 2.24) is 25.7 Å². The molecule has 5 N–H and O–H groups in total. The molecule has 1 aromatic heterocycles. The Morgan fingerprint density at radius 3 is 1.91 bits per heavy atom. The highest BCUT2D eigenvalue weighted by Gasteiger charge is 2.45. The summed E-state index contributed by atoms with van der Waals surface area (Å²) >= 11 is 0. The highest BCUT2D eigenvalue weighted by atomic mass is 32.2. The Morgan fingerprint density at radius 2 is 1.27 bits per heavy atom. The van der Waals surface area contributed by atoms with Gasteiger partial charge in [-0.05, 0) is 141 Å². The average molecular weight is 1190 g/mol. The molecule has 81 heavy (non-hydrogen) atoms. The zero-order chi connectivity index (χ0) is 58.7. The van der Waals surface area contributed by atoms with E-state index in [0.717, 1.165) is 51.8 Å². The SMILES string of the molecule is Cc1nnc(-c2ccc(CNC(=O)CCCCc3ccc(C4=C(/C=C/C5=[N+](CCCS(=O)(=O)O)c6ccc(S(=O)(=O)O)cc6C5(C)C)CCC/C4=C\C=C4\N(CCCS(=O)(=O)O)c5ccc(S(=O)(=O)O)cc5C4(C)C)cc3)cc2)nn1. The number of unbranched alkanes of at least 4 members (excludes halogenated alkanes) is 1. The van der Waals surface area contributed by atoms with E-state index in [-0.39, 0.29) is 41.6 Å². The van der Waals surface area contributed by atoms with Crippen LogP contribution in [0.15, 0.2) is 136 Å². The first-order valence-corrected chi connectivity index (χ1v) is 32.5. The fourth-order valence-corrected chi connectivity index (χ4v) is 12.8. The number of aromatic nitrogens is 4. The van der Waals surface area contributed by atoms with Crippen LogP contribution >= 0.6 is 0 Å². The first-order valence-electron chi connectivity index (χ1n) is 26.4. The van der Waals surface area contributed by atoms with Crippen LogP contribution in [0.2, 0.25) is 0 Å². The molecule has 0 saturated heterocycles. The van der Waals surface area contributed by atoms with Crippen LogP contribution in [-0.4, -0.2) is 113 Å². The van der Waals surface area contributed by atoms with Gasteiger partial charge in [0.1, 0.15) is 6.54 Å². The van der Waals surface area contributed by atoms with Gasteiger partial charge in [-0.2, -0.15) is 38.2 Å². The van der Waals surface area contributed by atoms with Crippen molar-refractivity contribution in [3.05, 3.63) is 160 Å². The van der Waals surface area contributed by atoms with E-state index in [1.165, 1.54) is 24.3 Å². The molecule has 8 rings (SSSR count). The molecule has 0 radical (unpaired) electrons. The van der Waals surface area contributed by atoms with Crippen LogP contribution in [0.25, 0.3) is 17.0 Å². The van der Waals surface area contributed by atoms with Crippen molar-refractivity contribution in [2.45, 2.75) is 120 Å². The second-order valence-electron chi connectivity index (χ2n) is 21.5. The number of carbonyl (C=O) groups excluding carboxylic acids is 1. The summed E-state index contributed by atoms with van der Waals surface area (Å²) in [5, 5.41) is 19.0. The Bertz CT molecular complexity index is 3870. The molecular weight excluding hydrogens is 1120 g/mol. The van der Waals surface area contributed by atoms with Crippen molar-refractivity contribution < 1.29 is 61.3 Å². The summed E-state index contributed by atoms with van der Waals surface area (Å²) in [7, 11) is -17.8. The van der Waals surface area contributed by atoms with Crippen LogP contribution in [0, 0.1) is 6.92 Å². The van der Waals surface area contributed by atoms with Gasteiger partial charge in [0.05, 0.1) is 26.7 Å². The molecule has 3 aliphatic rings. The Labute approximate surface area is 473 Å². The van der Waals surface area contributed by atoms with Crippen molar-refractivity contribution in [1.29, 1.82) is 0 Å². The number of benzene rings is 4. The van der Waals surface area contributed by atoms with Gasteiger partial charge in [-0.25, -0.2) is 0 Å². The number of fused-ring (bicyclic) bond motifs is 2. The number of nitrogens with zero attached hydrogens (tertiary/aromatic N) is 6. The third-order valence-corrected chi connectivity index (χ3v) is 18.3. The smallest absolute Gasteiger partial charge is 0.294 e. The molecule has 430 valence electrons. The molecule has 1 amide bonds. The zero-order valence-corrected chi connectivity index (χ0v) is 48.8. The van der Waals surface area contributed by atoms with Gasteiger partial charge in [0.2, 0.25) is 17.4 Å². The number of carbonyl (C=O) groups is 1. The van der Waals surface area contributed by atoms with E-state index in [0.29, 0.717) is 84.2 Å². The Kier molecular flexibility index (Phi) is 18.0. The van der Waals surface area contributed by atoms with Gasteiger partial charge in [-0.1, -0.05) is 74.5 Å². The van der Waals surface area contributed by atoms with E-state index in [4.69, 9.17) is 0 Å². The summed E-state index contributed by atoms with van der Waals surface area (Å²) in [5.74, 6) is -0.194. The third-order valence-electron chi connectivity index (χ3n) is 15.0. The summed E-state index contributed by atoms with van der Waals surface area (Å²) in [5.41, 5.74) is 8.56. The summed E-state index contributed by atoms with van der Waals surface area (Å²) in [6.07, 6.45) is 12.5. The normalized spacial score (nSPS) is 17.4. The molecule has 0 fully saturated rings. The Balaban J connectivity index is 1.11. The quantitative estimate of drug-likeness (QED) is 0.0246. The molecule has 3 heterocycles. The molecular formula is C57H66N7O13S4+. The number of allylic oxidation sites excluding steroid dienone is 8. The van der Waals surface area contributed by atoms with E-state index in [1.807, 2.05) is 85.7 Å². The maximum Gasteiger partial charge on any atom is 0.294 e. The van der Waals surface area contributed by atoms with Gasteiger partial charge in [0.25, 0.3) is 40.5 Å². The summed E-state index contributed by atoms with van der Waals surface area (Å²) in [6.45, 7) is 10.00. The minimum Gasteiger partial charge on any atom is -0.352 e. The zero-order valence-electron chi connectivity index (χ0n) is 45.6. The van der Waals surface area contributed by atoms with Crippen molar-refractivity contribution in [2.75, 3.05) is 29.5 Å². The molecule has 1 aliphatic carbocycles. The molecule has 5 aromatic rings. The summed E-state index contributed by atoms with van der Waals surface area (Å²) in [4.78, 5) is 14.2. The molecule has 4 aromatic carbocycles. The highest BCUT2D eigenvalue weighted by molar-refractivity contribution is 7.86. The molecule has 0 bridgehead atoms. The highest BCUT2D eigenvalue weighted by Crippen LogP contribution is 2.49. The number of rotatable bonds is 22. The van der Waals surface area contributed by atoms with E-state index in [2.05, 4.69) is 50.0 Å². The number of nitrogens with one attached hydrogen (secondary N) is 1. The lowest BCUT2D eigenvalue weighted by molar-refractivity contribution is -0.437. The molecule has 0 spiro atoms. The van der Waals surface area contributed by atoms with E-state index in [9.17, 15) is 56.7 Å². The van der Waals surface area contributed by atoms with E-state index < -0.39 is 62.8 Å². The lowest BCUT2D eigenvalue weighted by Gasteiger charge is -2.27. The van der Waals surface area contributed by atoms with E-state index >= 15 is 0 Å². The van der Waals surface area contributed by atoms with Crippen LogP contribution in [0.5, 0.6) is 0 Å². The molecule has 20 nitrogen and oxygen atoms in total. The van der Waals surface area contributed by atoms with Crippen LogP contribution in [0.3, 0.4) is 0 Å². The van der Waals surface area contributed by atoms with Gasteiger partial charge in [0, 0.05) is 66.0 Å². The number of hydrogen-bond donors (Lipinski definition) is 5. The summed E-state index contributed by atoms with van der Waals surface area (Å²) in [6, 6.07) is 24.3. The first-order chi connectivity index (χ1) is 38.0. The lowest BCUT2D eigenvalue weighted by atomic mass is 9.79. The number of aryl methyl sites for hydroxylation is 2. The largest absolute Gasteiger partial charge is 0.352 e. The van der Waals surface area contributed by atoms with Crippen LogP contribution in [-0.2, 0) is 69.1 Å². The molecule has 2 aliphatic heterocycles. The van der Waals surface area contributed by atoms with Gasteiger partial charge < -0.3 is 10.2 Å². The molecule has 0 unspecified atom stereocenters. The van der Waals surface area contributed by atoms with Crippen LogP contribution in [0.4, 0.5) is 11.4 Å².